The molecule has 0 spiro atoms. The lowest BCUT2D eigenvalue weighted by molar-refractivity contribution is 0.386. The fourth-order valence-corrected chi connectivity index (χ4v) is 3.50. The Morgan fingerprint density at radius 1 is 1.28 bits per heavy atom. The third-order valence-electron chi connectivity index (χ3n) is 2.42. The van der Waals surface area contributed by atoms with Crippen LogP contribution < -0.4 is 4.74 Å². The summed E-state index contributed by atoms with van der Waals surface area (Å²) in [5, 5.41) is -0.490. The van der Waals surface area contributed by atoms with Gasteiger partial charge in [0.25, 0.3) is 0 Å². The van der Waals surface area contributed by atoms with Crippen LogP contribution >= 0.6 is 46.1 Å². The van der Waals surface area contributed by atoms with Crippen LogP contribution in [-0.2, 0) is 0 Å². The fourth-order valence-electron chi connectivity index (χ4n) is 1.54. The molecule has 1 atom stereocenters. The maximum absolute atomic E-state index is 13.3. The largest absolute Gasteiger partial charge is 0.494 e. The minimum atomic E-state index is -0.490. The molecule has 1 heterocycles. The summed E-state index contributed by atoms with van der Waals surface area (Å²) in [5.41, 5.74) is 1.41. The van der Waals surface area contributed by atoms with Crippen LogP contribution in [-0.4, -0.2) is 7.11 Å². The van der Waals surface area contributed by atoms with E-state index in [-0.39, 0.29) is 5.75 Å². The van der Waals surface area contributed by atoms with Gasteiger partial charge in [0, 0.05) is 5.56 Å². The Balaban J connectivity index is 2.39. The maximum atomic E-state index is 13.3. The number of halogens is 4. The van der Waals surface area contributed by atoms with Gasteiger partial charge >= 0.3 is 0 Å². The molecule has 96 valence electrons. The van der Waals surface area contributed by atoms with E-state index in [9.17, 15) is 4.39 Å². The first-order valence-corrected chi connectivity index (χ1v) is 6.96. The summed E-state index contributed by atoms with van der Waals surface area (Å²) in [6.45, 7) is 0. The predicted octanol–water partition coefficient (Wildman–Crippen LogP) is 5.53. The van der Waals surface area contributed by atoms with Gasteiger partial charge in [-0.3, -0.25) is 0 Å². The van der Waals surface area contributed by atoms with Crippen molar-refractivity contribution in [3.05, 3.63) is 49.9 Å². The zero-order valence-corrected chi connectivity index (χ0v) is 12.3. The Hall–Kier alpha value is -0.480. The van der Waals surface area contributed by atoms with Gasteiger partial charge in [0.1, 0.15) is 0 Å². The molecule has 0 saturated heterocycles. The number of alkyl halides is 1. The molecule has 0 N–H and O–H groups in total. The first kappa shape index (κ1) is 13.9. The highest BCUT2D eigenvalue weighted by atomic mass is 35.5. The van der Waals surface area contributed by atoms with Gasteiger partial charge in [-0.1, -0.05) is 29.3 Å². The highest BCUT2D eigenvalue weighted by Gasteiger charge is 2.18. The van der Waals surface area contributed by atoms with Crippen molar-refractivity contribution < 1.29 is 9.13 Å². The molecule has 2 aromatic rings. The number of hydrogen-bond acceptors (Lipinski definition) is 2. The van der Waals surface area contributed by atoms with Crippen molar-refractivity contribution in [2.24, 2.45) is 0 Å². The average molecular weight is 326 g/mol. The minimum absolute atomic E-state index is 0.149. The SMILES string of the molecule is COc1cc(C(Cl)c2cc(Cl)sc2Cl)ccc1F. The molecule has 1 unspecified atom stereocenters. The lowest BCUT2D eigenvalue weighted by Gasteiger charge is -2.11. The van der Waals surface area contributed by atoms with E-state index in [1.807, 2.05) is 0 Å². The van der Waals surface area contributed by atoms with E-state index in [1.165, 1.54) is 24.5 Å². The Morgan fingerprint density at radius 2 is 2.00 bits per heavy atom. The Kier molecular flexibility index (Phi) is 4.38. The van der Waals surface area contributed by atoms with Crippen LogP contribution in [0.1, 0.15) is 16.5 Å². The van der Waals surface area contributed by atoms with E-state index in [1.54, 1.807) is 18.2 Å². The Labute approximate surface area is 123 Å². The van der Waals surface area contributed by atoms with E-state index in [0.29, 0.717) is 19.8 Å². The first-order valence-electron chi connectivity index (χ1n) is 4.95. The number of benzene rings is 1. The third-order valence-corrected chi connectivity index (χ3v) is 4.43. The molecule has 0 bridgehead atoms. The number of ether oxygens (including phenoxy) is 1. The quantitative estimate of drug-likeness (QED) is 0.674. The molecule has 6 heteroatoms. The van der Waals surface area contributed by atoms with Gasteiger partial charge in [-0.05, 0) is 23.8 Å². The third kappa shape index (κ3) is 2.75. The summed E-state index contributed by atoms with van der Waals surface area (Å²) in [6.07, 6.45) is 0. The first-order chi connectivity index (χ1) is 8.52. The fraction of sp³-hybridized carbons (Fsp3) is 0.167. The van der Waals surface area contributed by atoms with Crippen LogP contribution in [0.4, 0.5) is 4.39 Å². The molecule has 1 aromatic heterocycles. The minimum Gasteiger partial charge on any atom is -0.494 e. The smallest absolute Gasteiger partial charge is 0.165 e. The molecule has 1 nitrogen and oxygen atoms in total. The van der Waals surface area contributed by atoms with Crippen molar-refractivity contribution in [1.82, 2.24) is 0 Å². The zero-order valence-electron chi connectivity index (χ0n) is 9.22. The van der Waals surface area contributed by atoms with Gasteiger partial charge in [-0.15, -0.1) is 22.9 Å². The molecule has 18 heavy (non-hydrogen) atoms. The molecule has 0 aliphatic carbocycles. The van der Waals surface area contributed by atoms with Gasteiger partial charge in [0.2, 0.25) is 0 Å². The highest BCUT2D eigenvalue weighted by molar-refractivity contribution is 7.20. The van der Waals surface area contributed by atoms with E-state index in [4.69, 9.17) is 39.5 Å². The van der Waals surface area contributed by atoms with E-state index < -0.39 is 11.2 Å². The second-order valence-corrected chi connectivity index (χ2v) is 6.26. The summed E-state index contributed by atoms with van der Waals surface area (Å²) in [7, 11) is 1.40. The monoisotopic (exact) mass is 324 g/mol. The number of hydrogen-bond donors (Lipinski definition) is 0. The lowest BCUT2D eigenvalue weighted by atomic mass is 10.1. The van der Waals surface area contributed by atoms with E-state index >= 15 is 0 Å². The normalized spacial score (nSPS) is 12.5. The van der Waals surface area contributed by atoms with Crippen LogP contribution in [0.2, 0.25) is 8.67 Å². The number of rotatable bonds is 3. The van der Waals surface area contributed by atoms with Crippen molar-refractivity contribution in [2.75, 3.05) is 7.11 Å². The van der Waals surface area contributed by atoms with Crippen LogP contribution in [0, 0.1) is 5.82 Å². The van der Waals surface area contributed by atoms with Gasteiger partial charge in [0.15, 0.2) is 11.6 Å². The van der Waals surface area contributed by atoms with Crippen LogP contribution in [0.3, 0.4) is 0 Å². The van der Waals surface area contributed by atoms with Gasteiger partial charge in [0.05, 0.1) is 21.2 Å². The topological polar surface area (TPSA) is 9.23 Å². The molecule has 0 fully saturated rings. The van der Waals surface area contributed by atoms with Crippen LogP contribution in [0.15, 0.2) is 24.3 Å². The summed E-state index contributed by atoms with van der Waals surface area (Å²) in [5.74, 6) is -0.282. The molecule has 0 aliphatic heterocycles. The molecular formula is C12H8Cl3FOS. The van der Waals surface area contributed by atoms with Crippen LogP contribution in [0.5, 0.6) is 5.75 Å². The molecule has 0 saturated carbocycles. The van der Waals surface area contributed by atoms with Crippen molar-refractivity contribution >= 4 is 46.1 Å². The summed E-state index contributed by atoms with van der Waals surface area (Å²) in [6, 6.07) is 6.17. The summed E-state index contributed by atoms with van der Waals surface area (Å²) in [4.78, 5) is 0. The predicted molar refractivity (Wildman–Crippen MR) is 75.0 cm³/mol. The molecular weight excluding hydrogens is 318 g/mol. The average Bonchev–Trinajstić information content (AvgIpc) is 2.68. The Morgan fingerprint density at radius 3 is 2.56 bits per heavy atom. The second-order valence-electron chi connectivity index (χ2n) is 3.54. The van der Waals surface area contributed by atoms with E-state index in [2.05, 4.69) is 0 Å². The van der Waals surface area contributed by atoms with Gasteiger partial charge in [-0.2, -0.15) is 0 Å². The molecule has 0 amide bonds. The highest BCUT2D eigenvalue weighted by Crippen LogP contribution is 2.41. The number of thiophene rings is 1. The van der Waals surface area contributed by atoms with Gasteiger partial charge < -0.3 is 4.74 Å². The van der Waals surface area contributed by atoms with Crippen molar-refractivity contribution in [1.29, 1.82) is 0 Å². The van der Waals surface area contributed by atoms with Crippen molar-refractivity contribution in [3.8, 4) is 5.75 Å². The van der Waals surface area contributed by atoms with E-state index in [0.717, 1.165) is 0 Å². The standard InChI is InChI=1S/C12H8Cl3FOS/c1-17-9-4-6(2-3-8(9)16)11(14)7-5-10(13)18-12(7)15/h2-5,11H,1H3. The maximum Gasteiger partial charge on any atom is 0.165 e. The second kappa shape index (κ2) is 5.66. The molecule has 1 aromatic carbocycles. The van der Waals surface area contributed by atoms with Crippen molar-refractivity contribution in [2.45, 2.75) is 5.38 Å². The van der Waals surface area contributed by atoms with Crippen LogP contribution in [0.25, 0.3) is 0 Å². The summed E-state index contributed by atoms with van der Waals surface area (Å²) >= 11 is 19.5. The van der Waals surface area contributed by atoms with Crippen molar-refractivity contribution in [3.63, 3.8) is 0 Å². The molecule has 2 rings (SSSR count). The molecule has 0 radical (unpaired) electrons. The zero-order chi connectivity index (χ0) is 13.3. The van der Waals surface area contributed by atoms with Gasteiger partial charge in [-0.25, -0.2) is 4.39 Å². The number of methoxy groups -OCH3 is 1. The Bertz CT molecular complexity index is 570. The lowest BCUT2D eigenvalue weighted by Crippen LogP contribution is -1.95. The summed E-state index contributed by atoms with van der Waals surface area (Å²) < 4.78 is 19.3. The molecule has 0 aliphatic rings.